The standard InChI is InChI=1S/C16H20N6O/c1-11-5-8-22(14(23)3-6-17)9-13(11)21(2)16-12-4-7-18-15(12)19-10-20-16/h4,7,10-11,13H,3,5,8-9H2,1-2H3,(H,18,19,20)/t11-,13+/m0/s1. The second kappa shape index (κ2) is 6.24. The molecular formula is C16H20N6O. The average Bonchev–Trinajstić information content (AvgIpc) is 3.03. The van der Waals surface area contributed by atoms with Crippen LogP contribution in [0.5, 0.6) is 0 Å². The maximum absolute atomic E-state index is 12.0. The van der Waals surface area contributed by atoms with E-state index in [-0.39, 0.29) is 18.4 Å². The van der Waals surface area contributed by atoms with Gasteiger partial charge < -0.3 is 14.8 Å². The van der Waals surface area contributed by atoms with Crippen molar-refractivity contribution in [2.24, 2.45) is 5.92 Å². The van der Waals surface area contributed by atoms with Gasteiger partial charge in [0.05, 0.1) is 17.5 Å². The molecule has 0 saturated carbocycles. The zero-order valence-corrected chi connectivity index (χ0v) is 13.4. The molecule has 3 heterocycles. The highest BCUT2D eigenvalue weighted by molar-refractivity contribution is 5.87. The summed E-state index contributed by atoms with van der Waals surface area (Å²) in [5.41, 5.74) is 0.808. The Morgan fingerprint density at radius 2 is 2.39 bits per heavy atom. The van der Waals surface area contributed by atoms with Crippen LogP contribution in [-0.4, -0.2) is 51.9 Å². The van der Waals surface area contributed by atoms with Gasteiger partial charge >= 0.3 is 0 Å². The van der Waals surface area contributed by atoms with E-state index in [9.17, 15) is 4.79 Å². The second-order valence-corrected chi connectivity index (χ2v) is 6.06. The summed E-state index contributed by atoms with van der Waals surface area (Å²) >= 11 is 0. The predicted molar refractivity (Wildman–Crippen MR) is 86.7 cm³/mol. The van der Waals surface area contributed by atoms with Gasteiger partial charge in [-0.1, -0.05) is 6.92 Å². The topological polar surface area (TPSA) is 88.9 Å². The van der Waals surface area contributed by atoms with Crippen molar-refractivity contribution >= 4 is 22.8 Å². The normalized spacial score (nSPS) is 21.2. The van der Waals surface area contributed by atoms with Gasteiger partial charge in [-0.2, -0.15) is 5.26 Å². The second-order valence-electron chi connectivity index (χ2n) is 6.06. The van der Waals surface area contributed by atoms with Crippen molar-refractivity contribution in [3.8, 4) is 6.07 Å². The highest BCUT2D eigenvalue weighted by atomic mass is 16.2. The van der Waals surface area contributed by atoms with Crippen molar-refractivity contribution in [1.82, 2.24) is 19.9 Å². The highest BCUT2D eigenvalue weighted by Gasteiger charge is 2.32. The summed E-state index contributed by atoms with van der Waals surface area (Å²) in [6.45, 7) is 3.53. The number of aromatic nitrogens is 3. The van der Waals surface area contributed by atoms with Crippen LogP contribution in [0, 0.1) is 17.2 Å². The monoisotopic (exact) mass is 312 g/mol. The molecule has 2 aromatic heterocycles. The Labute approximate surface area is 134 Å². The van der Waals surface area contributed by atoms with Crippen LogP contribution in [0.15, 0.2) is 18.6 Å². The molecule has 1 fully saturated rings. The molecule has 0 unspecified atom stereocenters. The largest absolute Gasteiger partial charge is 0.354 e. The van der Waals surface area contributed by atoms with Crippen LogP contribution in [0.3, 0.4) is 0 Å². The van der Waals surface area contributed by atoms with E-state index in [0.29, 0.717) is 12.5 Å². The van der Waals surface area contributed by atoms with E-state index in [1.165, 1.54) is 0 Å². The molecule has 0 aromatic carbocycles. The van der Waals surface area contributed by atoms with E-state index in [0.717, 1.165) is 29.8 Å². The molecule has 0 aliphatic carbocycles. The Bertz CT molecular complexity index is 748. The number of fused-ring (bicyclic) bond motifs is 1. The smallest absolute Gasteiger partial charge is 0.236 e. The zero-order valence-electron chi connectivity index (χ0n) is 13.4. The minimum atomic E-state index is -0.0905. The number of anilines is 1. The van der Waals surface area contributed by atoms with Crippen LogP contribution in [0.2, 0.25) is 0 Å². The highest BCUT2D eigenvalue weighted by Crippen LogP contribution is 2.28. The van der Waals surface area contributed by atoms with E-state index >= 15 is 0 Å². The van der Waals surface area contributed by atoms with Gasteiger partial charge in [0, 0.05) is 26.3 Å². The van der Waals surface area contributed by atoms with Crippen molar-refractivity contribution < 1.29 is 4.79 Å². The molecule has 120 valence electrons. The fourth-order valence-corrected chi connectivity index (χ4v) is 3.26. The third-order valence-corrected chi connectivity index (χ3v) is 4.67. The predicted octanol–water partition coefficient (Wildman–Crippen LogP) is 1.54. The first-order valence-corrected chi connectivity index (χ1v) is 7.77. The molecule has 1 amide bonds. The van der Waals surface area contributed by atoms with Crippen molar-refractivity contribution in [3.63, 3.8) is 0 Å². The number of carbonyl (C=O) groups is 1. The molecule has 0 spiro atoms. The van der Waals surface area contributed by atoms with Crippen LogP contribution in [0.1, 0.15) is 19.8 Å². The first-order valence-electron chi connectivity index (χ1n) is 7.77. The van der Waals surface area contributed by atoms with Gasteiger partial charge in [0.2, 0.25) is 5.91 Å². The van der Waals surface area contributed by atoms with Gasteiger partial charge in [0.15, 0.2) is 0 Å². The number of carbonyl (C=O) groups excluding carboxylic acids is 1. The molecule has 7 heteroatoms. The third kappa shape index (κ3) is 2.84. The number of H-pyrrole nitrogens is 1. The first-order chi connectivity index (χ1) is 11.1. The summed E-state index contributed by atoms with van der Waals surface area (Å²) in [7, 11) is 2.01. The number of hydrogen-bond acceptors (Lipinski definition) is 5. The molecule has 1 saturated heterocycles. The number of piperidine rings is 1. The molecule has 2 atom stereocenters. The third-order valence-electron chi connectivity index (χ3n) is 4.67. The van der Waals surface area contributed by atoms with Gasteiger partial charge in [-0.15, -0.1) is 0 Å². The quantitative estimate of drug-likeness (QED) is 0.928. The van der Waals surface area contributed by atoms with Crippen molar-refractivity contribution in [3.05, 3.63) is 18.6 Å². The number of nitriles is 1. The van der Waals surface area contributed by atoms with Gasteiger partial charge in [-0.25, -0.2) is 9.97 Å². The molecule has 0 bridgehead atoms. The maximum atomic E-state index is 12.0. The molecule has 3 rings (SSSR count). The lowest BCUT2D eigenvalue weighted by Crippen LogP contribution is -2.52. The number of likely N-dealkylation sites (N-methyl/N-ethyl adjacent to an activating group) is 1. The number of nitrogens with one attached hydrogen (secondary N) is 1. The van der Waals surface area contributed by atoms with Crippen molar-refractivity contribution in [1.29, 1.82) is 5.26 Å². The van der Waals surface area contributed by atoms with Crippen molar-refractivity contribution in [2.45, 2.75) is 25.8 Å². The van der Waals surface area contributed by atoms with Gasteiger partial charge in [0.1, 0.15) is 24.2 Å². The van der Waals surface area contributed by atoms with Gasteiger partial charge in [-0.05, 0) is 18.4 Å². The minimum Gasteiger partial charge on any atom is -0.354 e. The number of nitrogens with zero attached hydrogens (tertiary/aromatic N) is 5. The lowest BCUT2D eigenvalue weighted by Gasteiger charge is -2.42. The molecule has 0 radical (unpaired) electrons. The Kier molecular flexibility index (Phi) is 4.15. The Morgan fingerprint density at radius 3 is 3.17 bits per heavy atom. The van der Waals surface area contributed by atoms with E-state index in [1.807, 2.05) is 25.4 Å². The van der Waals surface area contributed by atoms with Gasteiger partial charge in [0.25, 0.3) is 0 Å². The Morgan fingerprint density at radius 1 is 1.57 bits per heavy atom. The lowest BCUT2D eigenvalue weighted by molar-refractivity contribution is -0.131. The number of likely N-dealkylation sites (tertiary alicyclic amines) is 1. The van der Waals surface area contributed by atoms with E-state index < -0.39 is 0 Å². The van der Waals surface area contributed by atoms with Crippen molar-refractivity contribution in [2.75, 3.05) is 25.0 Å². The van der Waals surface area contributed by atoms with E-state index in [4.69, 9.17) is 5.26 Å². The summed E-state index contributed by atoms with van der Waals surface area (Å²) in [5.74, 6) is 1.21. The average molecular weight is 312 g/mol. The zero-order chi connectivity index (χ0) is 16.4. The Hall–Kier alpha value is -2.62. The Balaban J connectivity index is 1.85. The maximum Gasteiger partial charge on any atom is 0.236 e. The number of amides is 1. The summed E-state index contributed by atoms with van der Waals surface area (Å²) < 4.78 is 0. The SMILES string of the molecule is C[C@H]1CCN(C(=O)CC#N)C[C@H]1N(C)c1ncnc2[nH]ccc12. The molecule has 1 N–H and O–H groups in total. The number of rotatable bonds is 3. The molecule has 2 aromatic rings. The van der Waals surface area contributed by atoms with Gasteiger partial charge in [-0.3, -0.25) is 4.79 Å². The van der Waals surface area contributed by atoms with E-state index in [1.54, 1.807) is 11.2 Å². The van der Waals surface area contributed by atoms with Crippen LogP contribution in [0.4, 0.5) is 5.82 Å². The van der Waals surface area contributed by atoms with Crippen LogP contribution >= 0.6 is 0 Å². The summed E-state index contributed by atoms with van der Waals surface area (Å²) in [4.78, 5) is 27.7. The number of aromatic amines is 1. The van der Waals surface area contributed by atoms with Crippen LogP contribution in [-0.2, 0) is 4.79 Å². The van der Waals surface area contributed by atoms with Crippen LogP contribution in [0.25, 0.3) is 11.0 Å². The first kappa shape index (κ1) is 15.3. The molecule has 1 aliphatic rings. The fourth-order valence-electron chi connectivity index (χ4n) is 3.26. The molecule has 23 heavy (non-hydrogen) atoms. The lowest BCUT2D eigenvalue weighted by atomic mass is 9.92. The molecular weight excluding hydrogens is 292 g/mol. The minimum absolute atomic E-state index is 0.0552. The summed E-state index contributed by atoms with van der Waals surface area (Å²) in [6, 6.07) is 4.07. The van der Waals surface area contributed by atoms with Crippen LogP contribution < -0.4 is 4.90 Å². The van der Waals surface area contributed by atoms with E-state index in [2.05, 4.69) is 26.8 Å². The summed E-state index contributed by atoms with van der Waals surface area (Å²) in [6.07, 6.45) is 4.27. The number of hydrogen-bond donors (Lipinski definition) is 1. The fraction of sp³-hybridized carbons (Fsp3) is 0.500. The summed E-state index contributed by atoms with van der Waals surface area (Å²) in [5, 5.41) is 9.71. The molecule has 1 aliphatic heterocycles. The molecule has 7 nitrogen and oxygen atoms in total.